The molecule has 1 aliphatic rings. The van der Waals surface area contributed by atoms with Gasteiger partial charge in [0, 0.05) is 5.69 Å². The predicted molar refractivity (Wildman–Crippen MR) is 82.3 cm³/mol. The van der Waals surface area contributed by atoms with Gasteiger partial charge >= 0.3 is 5.97 Å². The van der Waals surface area contributed by atoms with Gasteiger partial charge < -0.3 is 10.4 Å². The Morgan fingerprint density at radius 2 is 1.90 bits per heavy atom. The van der Waals surface area contributed by atoms with Crippen LogP contribution in [0, 0.1) is 18.8 Å². The van der Waals surface area contributed by atoms with E-state index < -0.39 is 17.8 Å². The minimum absolute atomic E-state index is 0.147. The van der Waals surface area contributed by atoms with Crippen LogP contribution in [0.5, 0.6) is 0 Å². The lowest BCUT2D eigenvalue weighted by atomic mass is 9.78. The Morgan fingerprint density at radius 1 is 1.24 bits per heavy atom. The average molecular weight is 289 g/mol. The number of aryl methyl sites for hydroxylation is 2. The van der Waals surface area contributed by atoms with Crippen molar-refractivity contribution in [2.75, 3.05) is 5.32 Å². The molecule has 1 aromatic rings. The van der Waals surface area contributed by atoms with Crippen molar-refractivity contribution in [3.8, 4) is 0 Å². The van der Waals surface area contributed by atoms with Crippen LogP contribution in [0.1, 0.15) is 43.7 Å². The number of amides is 1. The first-order valence-corrected chi connectivity index (χ1v) is 7.66. The van der Waals surface area contributed by atoms with E-state index in [9.17, 15) is 14.7 Å². The molecule has 1 fully saturated rings. The molecule has 2 rings (SSSR count). The van der Waals surface area contributed by atoms with Gasteiger partial charge in [-0.15, -0.1) is 0 Å². The number of carbonyl (C=O) groups excluding carboxylic acids is 1. The fraction of sp³-hybridized carbons (Fsp3) is 0.529. The fourth-order valence-electron chi connectivity index (χ4n) is 3.16. The van der Waals surface area contributed by atoms with Gasteiger partial charge in [-0.1, -0.05) is 38.0 Å². The summed E-state index contributed by atoms with van der Waals surface area (Å²) in [5, 5.41) is 12.3. The van der Waals surface area contributed by atoms with E-state index in [0.29, 0.717) is 12.8 Å². The van der Waals surface area contributed by atoms with Gasteiger partial charge in [0.25, 0.3) is 0 Å². The molecule has 0 unspecified atom stereocenters. The van der Waals surface area contributed by atoms with Crippen LogP contribution in [0.2, 0.25) is 0 Å². The minimum atomic E-state index is -0.852. The normalized spacial score (nSPS) is 21.8. The number of para-hydroxylation sites is 1. The average Bonchev–Trinajstić information content (AvgIpc) is 2.49. The van der Waals surface area contributed by atoms with E-state index in [1.165, 1.54) is 0 Å². The summed E-state index contributed by atoms with van der Waals surface area (Å²) in [6.45, 7) is 4.01. The molecule has 0 radical (unpaired) electrons. The van der Waals surface area contributed by atoms with Crippen molar-refractivity contribution in [2.24, 2.45) is 11.8 Å². The Hall–Kier alpha value is -1.84. The number of carbonyl (C=O) groups is 2. The molecule has 0 aliphatic heterocycles. The molecule has 114 valence electrons. The lowest BCUT2D eigenvalue weighted by molar-refractivity contribution is -0.147. The summed E-state index contributed by atoms with van der Waals surface area (Å²) in [6, 6.07) is 5.94. The van der Waals surface area contributed by atoms with Gasteiger partial charge in [0.15, 0.2) is 0 Å². The number of nitrogens with one attached hydrogen (secondary N) is 1. The van der Waals surface area contributed by atoms with Crippen LogP contribution in [0.25, 0.3) is 0 Å². The number of anilines is 1. The number of hydrogen-bond donors (Lipinski definition) is 2. The van der Waals surface area contributed by atoms with E-state index in [-0.39, 0.29) is 5.91 Å². The lowest BCUT2D eigenvalue weighted by Crippen LogP contribution is -2.36. The quantitative estimate of drug-likeness (QED) is 0.893. The molecule has 0 bridgehead atoms. The summed E-state index contributed by atoms with van der Waals surface area (Å²) in [4.78, 5) is 23.9. The second-order valence-corrected chi connectivity index (χ2v) is 5.79. The largest absolute Gasteiger partial charge is 0.481 e. The highest BCUT2D eigenvalue weighted by Crippen LogP contribution is 2.32. The summed E-state index contributed by atoms with van der Waals surface area (Å²) in [6.07, 6.45) is 3.92. The second kappa shape index (κ2) is 6.74. The first-order chi connectivity index (χ1) is 10.0. The highest BCUT2D eigenvalue weighted by Gasteiger charge is 2.35. The number of aliphatic carboxylic acids is 1. The van der Waals surface area contributed by atoms with Gasteiger partial charge in [0.1, 0.15) is 0 Å². The maximum Gasteiger partial charge on any atom is 0.307 e. The number of carboxylic acid groups (broad SMARTS) is 1. The molecule has 21 heavy (non-hydrogen) atoms. The van der Waals surface area contributed by atoms with Crippen molar-refractivity contribution < 1.29 is 14.7 Å². The molecule has 0 heterocycles. The van der Waals surface area contributed by atoms with Gasteiger partial charge in [0.2, 0.25) is 5.91 Å². The van der Waals surface area contributed by atoms with E-state index in [2.05, 4.69) is 5.32 Å². The Kier molecular flexibility index (Phi) is 4.99. The van der Waals surface area contributed by atoms with Crippen LogP contribution in [-0.2, 0) is 16.0 Å². The zero-order valence-corrected chi connectivity index (χ0v) is 12.7. The summed E-state index contributed by atoms with van der Waals surface area (Å²) in [5.74, 6) is -1.96. The van der Waals surface area contributed by atoms with Crippen LogP contribution in [-0.4, -0.2) is 17.0 Å². The van der Waals surface area contributed by atoms with Crippen LogP contribution < -0.4 is 5.32 Å². The Bertz CT molecular complexity index is 539. The van der Waals surface area contributed by atoms with Crippen molar-refractivity contribution in [1.29, 1.82) is 0 Å². The first-order valence-electron chi connectivity index (χ1n) is 7.66. The molecule has 0 spiro atoms. The summed E-state index contributed by atoms with van der Waals surface area (Å²) in [7, 11) is 0. The highest BCUT2D eigenvalue weighted by atomic mass is 16.4. The molecule has 2 atom stereocenters. The van der Waals surface area contributed by atoms with E-state index in [4.69, 9.17) is 0 Å². The van der Waals surface area contributed by atoms with Crippen LogP contribution >= 0.6 is 0 Å². The topological polar surface area (TPSA) is 66.4 Å². The van der Waals surface area contributed by atoms with Crippen LogP contribution in [0.15, 0.2) is 18.2 Å². The summed E-state index contributed by atoms with van der Waals surface area (Å²) < 4.78 is 0. The van der Waals surface area contributed by atoms with Gasteiger partial charge in [-0.05, 0) is 37.3 Å². The van der Waals surface area contributed by atoms with E-state index in [1.807, 2.05) is 32.0 Å². The van der Waals surface area contributed by atoms with Crippen LogP contribution in [0.3, 0.4) is 0 Å². The first kappa shape index (κ1) is 15.5. The number of hydrogen-bond acceptors (Lipinski definition) is 2. The monoisotopic (exact) mass is 289 g/mol. The Balaban J connectivity index is 2.19. The Labute approximate surface area is 125 Å². The molecular weight excluding hydrogens is 266 g/mol. The maximum absolute atomic E-state index is 12.5. The molecule has 0 saturated heterocycles. The molecule has 0 aromatic heterocycles. The number of carboxylic acids is 1. The van der Waals surface area contributed by atoms with Crippen LogP contribution in [0.4, 0.5) is 5.69 Å². The minimum Gasteiger partial charge on any atom is -0.481 e. The zero-order chi connectivity index (χ0) is 15.4. The number of rotatable bonds is 4. The lowest BCUT2D eigenvalue weighted by Gasteiger charge is -2.28. The smallest absolute Gasteiger partial charge is 0.307 e. The SMILES string of the molecule is CCc1cccc(C)c1NC(=O)[C@H]1CCCC[C@@H]1C(=O)O. The predicted octanol–water partition coefficient (Wildman–Crippen LogP) is 3.39. The summed E-state index contributed by atoms with van der Waals surface area (Å²) >= 11 is 0. The van der Waals surface area contributed by atoms with E-state index >= 15 is 0 Å². The third-order valence-corrected chi connectivity index (χ3v) is 4.41. The molecule has 1 aromatic carbocycles. The number of benzene rings is 1. The molecule has 1 saturated carbocycles. The van der Waals surface area contributed by atoms with Crippen molar-refractivity contribution in [2.45, 2.75) is 46.0 Å². The van der Waals surface area contributed by atoms with Gasteiger partial charge in [0.05, 0.1) is 11.8 Å². The molecular formula is C17H23NO3. The second-order valence-electron chi connectivity index (χ2n) is 5.79. The summed E-state index contributed by atoms with van der Waals surface area (Å²) in [5.41, 5.74) is 2.95. The molecule has 1 aliphatic carbocycles. The third kappa shape index (κ3) is 3.43. The molecule has 4 nitrogen and oxygen atoms in total. The molecule has 4 heteroatoms. The maximum atomic E-state index is 12.5. The van der Waals surface area contributed by atoms with Crippen molar-refractivity contribution in [3.05, 3.63) is 29.3 Å². The van der Waals surface area contributed by atoms with Gasteiger partial charge in [-0.3, -0.25) is 9.59 Å². The van der Waals surface area contributed by atoms with Gasteiger partial charge in [-0.25, -0.2) is 0 Å². The Morgan fingerprint density at radius 3 is 2.52 bits per heavy atom. The van der Waals surface area contributed by atoms with E-state index in [1.54, 1.807) is 0 Å². The molecule has 2 N–H and O–H groups in total. The molecule has 1 amide bonds. The third-order valence-electron chi connectivity index (χ3n) is 4.41. The van der Waals surface area contributed by atoms with E-state index in [0.717, 1.165) is 36.1 Å². The fourth-order valence-corrected chi connectivity index (χ4v) is 3.16. The van der Waals surface area contributed by atoms with Crippen molar-refractivity contribution in [3.63, 3.8) is 0 Å². The highest BCUT2D eigenvalue weighted by molar-refractivity contribution is 5.96. The van der Waals surface area contributed by atoms with Gasteiger partial charge in [-0.2, -0.15) is 0 Å². The standard InChI is InChI=1S/C17H23NO3/c1-3-12-8-6-7-11(2)15(12)18-16(19)13-9-4-5-10-14(13)17(20)21/h6-8,13-14H,3-5,9-10H2,1-2H3,(H,18,19)(H,20,21)/t13-,14-/m0/s1. The van der Waals surface area contributed by atoms with Crippen molar-refractivity contribution in [1.82, 2.24) is 0 Å². The van der Waals surface area contributed by atoms with Crippen molar-refractivity contribution >= 4 is 17.6 Å². The zero-order valence-electron chi connectivity index (χ0n) is 12.7.